The molecule has 0 aliphatic heterocycles. The van der Waals surface area contributed by atoms with Crippen molar-refractivity contribution >= 4 is 47.3 Å². The third kappa shape index (κ3) is 4.15. The predicted molar refractivity (Wildman–Crippen MR) is 114 cm³/mol. The van der Waals surface area contributed by atoms with Crippen LogP contribution in [0.25, 0.3) is 0 Å². The summed E-state index contributed by atoms with van der Waals surface area (Å²) in [5.74, 6) is 0.741. The van der Waals surface area contributed by atoms with E-state index in [9.17, 15) is 4.79 Å². The van der Waals surface area contributed by atoms with E-state index in [1.165, 1.54) is 11.8 Å². The number of hydrogen-bond donors (Lipinski definition) is 0. The van der Waals surface area contributed by atoms with Crippen molar-refractivity contribution in [1.82, 2.24) is 0 Å². The Kier molecular flexibility index (Phi) is 6.80. The first-order valence-corrected chi connectivity index (χ1v) is 15.7. The molecule has 26 heavy (non-hydrogen) atoms. The summed E-state index contributed by atoms with van der Waals surface area (Å²) in [5.41, 5.74) is 0. The molecule has 0 fully saturated rings. The van der Waals surface area contributed by atoms with Crippen LogP contribution in [-0.4, -0.2) is 36.8 Å². The minimum absolute atomic E-state index is 0.0910. The molecule has 0 aromatic heterocycles. The van der Waals surface area contributed by atoms with Crippen LogP contribution < -0.4 is 10.7 Å². The average Bonchev–Trinajstić information content (AvgIpc) is 2.72. The van der Waals surface area contributed by atoms with Gasteiger partial charge in [-0.2, -0.15) is 0 Å². The summed E-state index contributed by atoms with van der Waals surface area (Å²) in [4.78, 5) is 12.8. The molecule has 0 unspecified atom stereocenters. The molecule has 4 heteroatoms. The maximum atomic E-state index is 12.8. The second-order valence-corrected chi connectivity index (χ2v) is 16.5. The fraction of sp³-hybridized carbons (Fsp3) is 0.136. The van der Waals surface area contributed by atoms with Crippen molar-refractivity contribution in [3.63, 3.8) is 0 Å². The van der Waals surface area contributed by atoms with Crippen LogP contribution in [0.2, 0.25) is 0 Å². The first-order valence-electron chi connectivity index (χ1n) is 8.71. The molecule has 0 aliphatic rings. The van der Waals surface area contributed by atoms with Crippen LogP contribution in [0.1, 0.15) is 6.42 Å². The van der Waals surface area contributed by atoms with Crippen LogP contribution >= 0.6 is 0 Å². The van der Waals surface area contributed by atoms with E-state index in [-0.39, 0.29) is 5.97 Å². The van der Waals surface area contributed by atoms with E-state index in [1.807, 2.05) is 54.6 Å². The van der Waals surface area contributed by atoms with E-state index in [0.29, 0.717) is 6.42 Å². The molecule has 132 valence electrons. The van der Waals surface area contributed by atoms with Crippen LogP contribution in [0.3, 0.4) is 0 Å². The van der Waals surface area contributed by atoms with E-state index in [0.717, 1.165) is 16.5 Å². The molecule has 3 rings (SSSR count). The Morgan fingerprint density at radius 3 is 1.50 bits per heavy atom. The molecule has 0 amide bonds. The summed E-state index contributed by atoms with van der Waals surface area (Å²) in [6.07, 6.45) is 2.53. The van der Waals surface area contributed by atoms with Gasteiger partial charge >= 0.3 is 165 Å². The van der Waals surface area contributed by atoms with Gasteiger partial charge in [0, 0.05) is 0 Å². The molecule has 2 nitrogen and oxygen atoms in total. The van der Waals surface area contributed by atoms with Gasteiger partial charge in [-0.3, -0.25) is 0 Å². The number of rotatable bonds is 7. The van der Waals surface area contributed by atoms with E-state index in [2.05, 4.69) is 42.7 Å². The first kappa shape index (κ1) is 19.1. The molecule has 0 bridgehead atoms. The zero-order chi connectivity index (χ0) is 18.2. The van der Waals surface area contributed by atoms with Gasteiger partial charge < -0.3 is 0 Å². The monoisotopic (exact) mass is 471 g/mol. The Hall–Kier alpha value is -1.72. The van der Waals surface area contributed by atoms with Gasteiger partial charge in [0.25, 0.3) is 0 Å². The van der Waals surface area contributed by atoms with Crippen molar-refractivity contribution in [1.29, 1.82) is 0 Å². The molecule has 0 saturated heterocycles. The molecule has 0 spiro atoms. The summed E-state index contributed by atoms with van der Waals surface area (Å²) in [6.45, 7) is 0. The molecule has 3 aromatic rings. The van der Waals surface area contributed by atoms with E-state index in [4.69, 9.17) is 3.07 Å². The summed E-state index contributed by atoms with van der Waals surface area (Å²) < 4.78 is 9.93. The Labute approximate surface area is 164 Å². The fourth-order valence-corrected chi connectivity index (χ4v) is 14.3. The Morgan fingerprint density at radius 1 is 0.769 bits per heavy atom. The van der Waals surface area contributed by atoms with Crippen LogP contribution in [0.4, 0.5) is 0 Å². The van der Waals surface area contributed by atoms with E-state index >= 15 is 0 Å². The van der Waals surface area contributed by atoms with Crippen LogP contribution in [0, 0.1) is 0 Å². The van der Waals surface area contributed by atoms with E-state index < -0.39 is 18.8 Å². The van der Waals surface area contributed by atoms with Gasteiger partial charge in [0.2, 0.25) is 0 Å². The van der Waals surface area contributed by atoms with Crippen molar-refractivity contribution in [3.05, 3.63) is 91.0 Å². The Bertz CT molecular complexity index is 726. The minimum atomic E-state index is -3.88. The number of thiol groups is 1. The molecule has 0 radical (unpaired) electrons. The van der Waals surface area contributed by atoms with E-state index in [1.54, 1.807) is 0 Å². The molecule has 0 N–H and O–H groups in total. The van der Waals surface area contributed by atoms with Crippen LogP contribution in [0.15, 0.2) is 91.0 Å². The first-order chi connectivity index (χ1) is 12.8. The third-order valence-electron chi connectivity index (χ3n) is 4.35. The van der Waals surface area contributed by atoms with Crippen molar-refractivity contribution in [2.24, 2.45) is 0 Å². The number of carbonyl (C=O) groups excluding carboxylic acids is 1. The van der Waals surface area contributed by atoms with Gasteiger partial charge in [-0.15, -0.1) is 0 Å². The fourth-order valence-electron chi connectivity index (χ4n) is 3.12. The molecule has 0 heterocycles. The van der Waals surface area contributed by atoms with Crippen molar-refractivity contribution in [2.45, 2.75) is 6.42 Å². The maximum absolute atomic E-state index is 12.8. The zero-order valence-electron chi connectivity index (χ0n) is 14.8. The SMILES string of the molecule is C[SH+]CCC(=O)[O][Sn]([c]1ccccc1)([c]1ccccc1)[c]1ccccc1. The molecule has 0 aliphatic carbocycles. The second kappa shape index (κ2) is 9.28. The molecule has 0 atom stereocenters. The standard InChI is InChI=1S/3C6H5.C4H8O2S.Sn/c3*1-2-4-6-5-3-1;1-7-3-2-4(5)6;/h3*1-5H;2-3H2,1H3,(H,5,6);/q;;;;+1. The second-order valence-electron chi connectivity index (χ2n) is 6.04. The van der Waals surface area contributed by atoms with Gasteiger partial charge in [-0.05, 0) is 0 Å². The zero-order valence-corrected chi connectivity index (χ0v) is 18.6. The van der Waals surface area contributed by atoms with Gasteiger partial charge in [0.15, 0.2) is 0 Å². The number of benzene rings is 3. The van der Waals surface area contributed by atoms with Crippen LogP contribution in [0.5, 0.6) is 0 Å². The number of hydrogen-bond acceptors (Lipinski definition) is 2. The quantitative estimate of drug-likeness (QED) is 0.300. The Balaban J connectivity index is 2.19. The average molecular weight is 470 g/mol. The molecular weight excluding hydrogens is 447 g/mol. The van der Waals surface area contributed by atoms with Gasteiger partial charge in [-0.1, -0.05) is 0 Å². The van der Waals surface area contributed by atoms with Gasteiger partial charge in [0.05, 0.1) is 0 Å². The molecule has 3 aromatic carbocycles. The summed E-state index contributed by atoms with van der Waals surface area (Å²) in [7, 11) is 0. The molecule has 0 saturated carbocycles. The molecular formula is C22H23O2SSn+. The van der Waals surface area contributed by atoms with Crippen LogP contribution in [-0.2, 0) is 19.6 Å². The van der Waals surface area contributed by atoms with Crippen molar-refractivity contribution in [3.8, 4) is 0 Å². The summed E-state index contributed by atoms with van der Waals surface area (Å²) >= 11 is -2.67. The van der Waals surface area contributed by atoms with Crippen molar-refractivity contribution in [2.75, 3.05) is 12.0 Å². The van der Waals surface area contributed by atoms with Gasteiger partial charge in [0.1, 0.15) is 0 Å². The third-order valence-corrected chi connectivity index (χ3v) is 16.4. The normalized spacial score (nSPS) is 11.1. The number of carbonyl (C=O) groups is 1. The summed E-state index contributed by atoms with van der Waals surface area (Å²) in [5, 5.41) is 0. The Morgan fingerprint density at radius 2 is 1.15 bits per heavy atom. The summed E-state index contributed by atoms with van der Waals surface area (Å²) in [6, 6.07) is 30.9. The topological polar surface area (TPSA) is 26.3 Å². The van der Waals surface area contributed by atoms with Gasteiger partial charge in [-0.25, -0.2) is 0 Å². The predicted octanol–water partition coefficient (Wildman–Crippen LogP) is 2.03. The van der Waals surface area contributed by atoms with Crippen molar-refractivity contribution < 1.29 is 7.87 Å².